The molecule has 1 nitrogen and oxygen atoms in total. The Hall–Kier alpha value is -1.08. The molecule has 0 bridgehead atoms. The Labute approximate surface area is 106 Å². The van der Waals surface area contributed by atoms with E-state index >= 15 is 0 Å². The molecule has 1 aromatic carbocycles. The van der Waals surface area contributed by atoms with Crippen molar-refractivity contribution in [3.8, 4) is 0 Å². The molecule has 0 aliphatic heterocycles. The van der Waals surface area contributed by atoms with Crippen molar-refractivity contribution in [2.45, 2.75) is 32.7 Å². The van der Waals surface area contributed by atoms with E-state index in [-0.39, 0.29) is 5.92 Å². The fraction of sp³-hybridized carbons (Fsp3) is 0.400. The van der Waals surface area contributed by atoms with Crippen LogP contribution in [0.3, 0.4) is 0 Å². The first kappa shape index (κ1) is 14.0. The number of benzene rings is 1. The lowest BCUT2D eigenvalue weighted by molar-refractivity contribution is 0.140. The zero-order chi connectivity index (χ0) is 12.9. The fourth-order valence-corrected chi connectivity index (χ4v) is 2.09. The minimum atomic E-state index is -1.19. The van der Waals surface area contributed by atoms with Gasteiger partial charge in [0.2, 0.25) is 0 Å². The molecule has 1 aromatic rings. The first-order chi connectivity index (χ1) is 7.90. The second-order valence-corrected chi connectivity index (χ2v) is 10.6. The van der Waals surface area contributed by atoms with E-state index in [0.29, 0.717) is 0 Å². The van der Waals surface area contributed by atoms with Crippen LogP contribution in [0.2, 0.25) is 19.6 Å². The second kappa shape index (κ2) is 6.01. The lowest BCUT2D eigenvalue weighted by Crippen LogP contribution is -2.14. The average molecular weight is 246 g/mol. The van der Waals surface area contributed by atoms with Gasteiger partial charge in [0, 0.05) is 5.92 Å². The Morgan fingerprint density at radius 3 is 2.29 bits per heavy atom. The maximum absolute atomic E-state index is 10.1. The summed E-state index contributed by atoms with van der Waals surface area (Å²) >= 11 is 0. The van der Waals surface area contributed by atoms with Crippen LogP contribution >= 0.6 is 0 Å². The zero-order valence-corrected chi connectivity index (χ0v) is 12.1. The zero-order valence-electron chi connectivity index (χ0n) is 11.1. The van der Waals surface area contributed by atoms with Crippen molar-refractivity contribution in [1.82, 2.24) is 0 Å². The summed E-state index contributed by atoms with van der Waals surface area (Å²) in [4.78, 5) is 0. The molecule has 17 heavy (non-hydrogen) atoms. The van der Waals surface area contributed by atoms with Gasteiger partial charge in [-0.25, -0.2) is 0 Å². The minimum Gasteiger partial charge on any atom is -0.388 e. The van der Waals surface area contributed by atoms with Gasteiger partial charge >= 0.3 is 0 Å². The molecule has 0 amide bonds. The Kier molecular flexibility index (Phi) is 4.95. The number of hydrogen-bond donors (Lipinski definition) is 1. The second-order valence-electron chi connectivity index (χ2n) is 5.56. The van der Waals surface area contributed by atoms with Crippen LogP contribution in [0.25, 0.3) is 0 Å². The highest BCUT2D eigenvalue weighted by Gasteiger charge is 2.13. The maximum Gasteiger partial charge on any atom is 0.0856 e. The highest BCUT2D eigenvalue weighted by Crippen LogP contribution is 2.22. The molecule has 0 heterocycles. The van der Waals surface area contributed by atoms with Crippen molar-refractivity contribution < 1.29 is 5.11 Å². The number of rotatable bonds is 4. The summed E-state index contributed by atoms with van der Waals surface area (Å²) in [5.74, 6) is 0.0880. The first-order valence-corrected chi connectivity index (χ1v) is 9.64. The molecule has 0 aromatic heterocycles. The molecule has 2 atom stereocenters. The van der Waals surface area contributed by atoms with Crippen LogP contribution in [0.5, 0.6) is 0 Å². The Balaban J connectivity index is 2.72. The first-order valence-electron chi connectivity index (χ1n) is 6.07. The van der Waals surface area contributed by atoms with E-state index in [1.54, 1.807) is 0 Å². The third-order valence-electron chi connectivity index (χ3n) is 2.51. The van der Waals surface area contributed by atoms with Gasteiger partial charge in [-0.1, -0.05) is 62.6 Å². The maximum atomic E-state index is 10.1. The molecule has 2 heteroatoms. The molecule has 0 saturated carbocycles. The van der Waals surface area contributed by atoms with Crippen molar-refractivity contribution in [3.63, 3.8) is 0 Å². The van der Waals surface area contributed by atoms with Crippen molar-refractivity contribution in [2.75, 3.05) is 0 Å². The molecule has 0 fully saturated rings. The number of aliphatic hydroxyl groups is 1. The molecule has 1 rings (SSSR count). The van der Waals surface area contributed by atoms with Gasteiger partial charge in [0.1, 0.15) is 0 Å². The largest absolute Gasteiger partial charge is 0.388 e. The molecular weight excluding hydrogens is 224 g/mol. The Morgan fingerprint density at radius 1 is 1.18 bits per heavy atom. The summed E-state index contributed by atoms with van der Waals surface area (Å²) in [5, 5.41) is 10.1. The predicted octanol–water partition coefficient (Wildman–Crippen LogP) is 3.94. The van der Waals surface area contributed by atoms with Gasteiger partial charge in [-0.15, -0.1) is 5.73 Å². The van der Waals surface area contributed by atoms with Crippen molar-refractivity contribution in [1.29, 1.82) is 0 Å². The van der Waals surface area contributed by atoms with Crippen molar-refractivity contribution in [3.05, 3.63) is 53.4 Å². The van der Waals surface area contributed by atoms with Crippen molar-refractivity contribution in [2.24, 2.45) is 5.92 Å². The molecule has 0 saturated heterocycles. The van der Waals surface area contributed by atoms with Crippen LogP contribution in [0.15, 0.2) is 47.8 Å². The summed E-state index contributed by atoms with van der Waals surface area (Å²) < 4.78 is 0. The summed E-state index contributed by atoms with van der Waals surface area (Å²) in [6, 6.07) is 9.77. The van der Waals surface area contributed by atoms with Crippen LogP contribution in [0.1, 0.15) is 18.6 Å². The lowest BCUT2D eigenvalue weighted by Gasteiger charge is -2.15. The van der Waals surface area contributed by atoms with Gasteiger partial charge in [0.25, 0.3) is 0 Å². The SMILES string of the molecule is C[C@H](C=C=C[Si](C)(C)C)[C@H](O)c1ccccc1. The molecule has 0 radical (unpaired) electrons. The van der Waals surface area contributed by atoms with E-state index in [1.807, 2.05) is 43.3 Å². The Morgan fingerprint density at radius 2 is 1.76 bits per heavy atom. The van der Waals surface area contributed by atoms with E-state index in [4.69, 9.17) is 0 Å². The smallest absolute Gasteiger partial charge is 0.0856 e. The molecular formula is C15H22OSi. The van der Waals surface area contributed by atoms with Gasteiger partial charge in [-0.05, 0) is 11.6 Å². The molecule has 0 unspecified atom stereocenters. The Bertz CT molecular complexity index is 397. The number of hydrogen-bond acceptors (Lipinski definition) is 1. The van der Waals surface area contributed by atoms with Crippen LogP contribution in [0.4, 0.5) is 0 Å². The molecule has 92 valence electrons. The quantitative estimate of drug-likeness (QED) is 0.630. The van der Waals surface area contributed by atoms with Crippen molar-refractivity contribution >= 4 is 8.07 Å². The van der Waals surface area contributed by atoms with Gasteiger partial charge in [-0.3, -0.25) is 0 Å². The van der Waals surface area contributed by atoms with E-state index in [1.165, 1.54) is 0 Å². The van der Waals surface area contributed by atoms with E-state index in [0.717, 1.165) is 5.56 Å². The summed E-state index contributed by atoms with van der Waals surface area (Å²) in [7, 11) is -1.19. The van der Waals surface area contributed by atoms with Crippen LogP contribution in [-0.2, 0) is 0 Å². The molecule has 0 spiro atoms. The fourth-order valence-electron chi connectivity index (χ4n) is 1.49. The van der Waals surface area contributed by atoms with Crippen LogP contribution < -0.4 is 0 Å². The minimum absolute atomic E-state index is 0.0880. The van der Waals surface area contributed by atoms with Crippen LogP contribution in [-0.4, -0.2) is 13.2 Å². The van der Waals surface area contributed by atoms with Gasteiger partial charge in [0.15, 0.2) is 0 Å². The highest BCUT2D eigenvalue weighted by atomic mass is 28.3. The third kappa shape index (κ3) is 5.18. The lowest BCUT2D eigenvalue weighted by atomic mass is 9.98. The summed E-state index contributed by atoms with van der Waals surface area (Å²) in [5.41, 5.74) is 6.36. The molecule has 1 N–H and O–H groups in total. The highest BCUT2D eigenvalue weighted by molar-refractivity contribution is 6.80. The third-order valence-corrected chi connectivity index (χ3v) is 3.55. The predicted molar refractivity (Wildman–Crippen MR) is 76.6 cm³/mol. The summed E-state index contributed by atoms with van der Waals surface area (Å²) in [6.07, 6.45) is 1.52. The topological polar surface area (TPSA) is 20.2 Å². The monoisotopic (exact) mass is 246 g/mol. The summed E-state index contributed by atoms with van der Waals surface area (Å²) in [6.45, 7) is 8.83. The number of aliphatic hydroxyl groups excluding tert-OH is 1. The van der Waals surface area contributed by atoms with E-state index in [2.05, 4.69) is 31.1 Å². The standard InChI is InChI=1S/C15H22OSi/c1-13(9-8-12-17(2,3)4)15(16)14-10-6-5-7-11-14/h5-7,9-13,15-16H,1-4H3/t8?,13-,15+/m1/s1. The van der Waals surface area contributed by atoms with Gasteiger partial charge < -0.3 is 5.11 Å². The van der Waals surface area contributed by atoms with E-state index < -0.39 is 14.2 Å². The molecule has 0 aliphatic rings. The normalized spacial score (nSPS) is 14.6. The van der Waals surface area contributed by atoms with Gasteiger partial charge in [-0.2, -0.15) is 0 Å². The average Bonchev–Trinajstić information content (AvgIpc) is 2.27. The van der Waals surface area contributed by atoms with Crippen LogP contribution in [0, 0.1) is 5.92 Å². The van der Waals surface area contributed by atoms with Gasteiger partial charge in [0.05, 0.1) is 14.2 Å². The molecule has 0 aliphatic carbocycles. The van der Waals surface area contributed by atoms with E-state index in [9.17, 15) is 5.11 Å².